The maximum absolute atomic E-state index is 12.2. The summed E-state index contributed by atoms with van der Waals surface area (Å²) in [5.74, 6) is -0.0347. The zero-order valence-electron chi connectivity index (χ0n) is 17.8. The molecule has 0 radical (unpaired) electrons. The second-order valence-corrected chi connectivity index (χ2v) is 8.36. The molecule has 7 heteroatoms. The van der Waals surface area contributed by atoms with Gasteiger partial charge in [0, 0.05) is 18.0 Å². The van der Waals surface area contributed by atoms with Crippen molar-refractivity contribution in [3.8, 4) is 11.1 Å². The molecule has 3 N–H and O–H groups in total. The van der Waals surface area contributed by atoms with Crippen LogP contribution in [0.1, 0.15) is 45.5 Å². The molecule has 33 heavy (non-hydrogen) atoms. The van der Waals surface area contributed by atoms with Crippen molar-refractivity contribution < 1.29 is 24.5 Å². The minimum atomic E-state index is -1.22. The zero-order chi connectivity index (χ0) is 23.4. The van der Waals surface area contributed by atoms with Gasteiger partial charge in [-0.3, -0.25) is 4.79 Å². The maximum Gasteiger partial charge on any atom is 0.407 e. The Morgan fingerprint density at radius 2 is 1.67 bits per heavy atom. The van der Waals surface area contributed by atoms with Gasteiger partial charge in [0.15, 0.2) is 6.29 Å². The molecule has 3 aromatic rings. The summed E-state index contributed by atoms with van der Waals surface area (Å²) in [6.45, 7) is 0.313. The molecule has 0 fully saturated rings. The number of hydrogen-bond donors (Lipinski definition) is 3. The molecule has 1 aliphatic carbocycles. The number of benzene rings is 3. The molecule has 0 saturated heterocycles. The molecule has 170 valence electrons. The summed E-state index contributed by atoms with van der Waals surface area (Å²) in [5, 5.41) is 23.5. The first-order valence-corrected chi connectivity index (χ1v) is 11.1. The maximum atomic E-state index is 12.2. The normalized spacial score (nSPS) is 14.2. The lowest BCUT2D eigenvalue weighted by molar-refractivity contribution is 0.0136. The molecule has 6 nitrogen and oxygen atoms in total. The highest BCUT2D eigenvalue weighted by Gasteiger charge is 2.29. The first-order valence-electron chi connectivity index (χ1n) is 10.7. The van der Waals surface area contributed by atoms with E-state index in [1.54, 1.807) is 6.07 Å². The molecule has 3 aromatic carbocycles. The Morgan fingerprint density at radius 1 is 1.03 bits per heavy atom. The lowest BCUT2D eigenvalue weighted by Gasteiger charge is -2.19. The summed E-state index contributed by atoms with van der Waals surface area (Å²) in [6.07, 6.45) is -2.26. The molecule has 0 aromatic heterocycles. The first kappa shape index (κ1) is 23.0. The van der Waals surface area contributed by atoms with Gasteiger partial charge in [-0.25, -0.2) is 4.79 Å². The summed E-state index contributed by atoms with van der Waals surface area (Å²) in [4.78, 5) is 23.3. The molecule has 1 amide bonds. The molecule has 0 bridgehead atoms. The van der Waals surface area contributed by atoms with E-state index in [-0.39, 0.29) is 36.1 Å². The number of carbonyl (C=O) groups is 2. The third kappa shape index (κ3) is 4.93. The monoisotopic (exact) mass is 465 g/mol. The quantitative estimate of drug-likeness (QED) is 0.426. The van der Waals surface area contributed by atoms with Gasteiger partial charge in [0.1, 0.15) is 12.7 Å². The summed E-state index contributed by atoms with van der Waals surface area (Å²) in [7, 11) is 0. The Kier molecular flexibility index (Phi) is 7.08. The number of fused-ring (bicyclic) bond motifs is 3. The fraction of sp³-hybridized carbons (Fsp3) is 0.231. The van der Waals surface area contributed by atoms with Crippen molar-refractivity contribution in [2.75, 3.05) is 13.2 Å². The highest BCUT2D eigenvalue weighted by Crippen LogP contribution is 2.44. The minimum Gasteiger partial charge on any atom is -0.449 e. The second-order valence-electron chi connectivity index (χ2n) is 7.95. The topological polar surface area (TPSA) is 95.9 Å². The standard InChI is InChI=1S/C26H24ClNO5/c27-23-10-9-16(13-17(23)14-29)25(31)24(30)11-12-28-26(32)33-15-22-20-7-3-1-5-18(20)19-6-2-4-8-21(19)22/h1-10,13-14,22,24-25,30-31H,11-12,15H2,(H,28,32). The lowest BCUT2D eigenvalue weighted by atomic mass is 9.98. The van der Waals surface area contributed by atoms with E-state index in [2.05, 4.69) is 17.4 Å². The molecule has 4 rings (SSSR count). The third-order valence-corrected chi connectivity index (χ3v) is 6.25. The minimum absolute atomic E-state index is 0.0347. The first-order chi connectivity index (χ1) is 16.0. The highest BCUT2D eigenvalue weighted by molar-refractivity contribution is 6.32. The predicted molar refractivity (Wildman–Crippen MR) is 125 cm³/mol. The fourth-order valence-corrected chi connectivity index (χ4v) is 4.35. The number of nitrogens with one attached hydrogen (secondary N) is 1. The van der Waals surface area contributed by atoms with E-state index in [1.807, 2.05) is 36.4 Å². The van der Waals surface area contributed by atoms with Crippen molar-refractivity contribution >= 4 is 24.0 Å². The Hall–Kier alpha value is -3.19. The molecule has 1 aliphatic rings. The van der Waals surface area contributed by atoms with Crippen molar-refractivity contribution in [1.82, 2.24) is 5.32 Å². The molecule has 0 saturated carbocycles. The molecule has 0 heterocycles. The van der Waals surface area contributed by atoms with E-state index in [0.717, 1.165) is 22.3 Å². The number of hydrogen-bond acceptors (Lipinski definition) is 5. The van der Waals surface area contributed by atoms with Crippen molar-refractivity contribution in [1.29, 1.82) is 0 Å². The fourth-order valence-electron chi connectivity index (χ4n) is 4.19. The number of aliphatic hydroxyl groups is 2. The molecule has 0 aliphatic heterocycles. The number of aldehydes is 1. The number of ether oxygens (including phenoxy) is 1. The molecular weight excluding hydrogens is 442 g/mol. The van der Waals surface area contributed by atoms with Crippen molar-refractivity contribution in [3.05, 3.63) is 94.0 Å². The van der Waals surface area contributed by atoms with Gasteiger partial charge in [0.25, 0.3) is 0 Å². The van der Waals surface area contributed by atoms with Gasteiger partial charge >= 0.3 is 6.09 Å². The second kappa shape index (κ2) is 10.2. The van der Waals surface area contributed by atoms with Crippen LogP contribution in [0, 0.1) is 0 Å². The molecular formula is C26H24ClNO5. The summed E-state index contributed by atoms with van der Waals surface area (Å²) in [6, 6.07) is 20.6. The average molecular weight is 466 g/mol. The van der Waals surface area contributed by atoms with Crippen LogP contribution in [-0.4, -0.2) is 41.8 Å². The molecule has 2 unspecified atom stereocenters. The largest absolute Gasteiger partial charge is 0.449 e. The van der Waals surface area contributed by atoms with Gasteiger partial charge in [-0.2, -0.15) is 0 Å². The van der Waals surface area contributed by atoms with E-state index in [0.29, 0.717) is 11.8 Å². The van der Waals surface area contributed by atoms with E-state index in [4.69, 9.17) is 16.3 Å². The number of amides is 1. The lowest BCUT2D eigenvalue weighted by Crippen LogP contribution is -2.30. The van der Waals surface area contributed by atoms with Gasteiger partial charge in [-0.1, -0.05) is 66.2 Å². The molecule has 2 atom stereocenters. The van der Waals surface area contributed by atoms with Crippen molar-refractivity contribution in [2.24, 2.45) is 0 Å². The SMILES string of the molecule is O=Cc1cc(C(O)C(O)CCNC(=O)OCC2c3ccccc3-c3ccccc32)ccc1Cl. The van der Waals surface area contributed by atoms with E-state index >= 15 is 0 Å². The van der Waals surface area contributed by atoms with E-state index in [9.17, 15) is 19.8 Å². The summed E-state index contributed by atoms with van der Waals surface area (Å²) < 4.78 is 5.46. The van der Waals surface area contributed by atoms with Gasteiger partial charge in [-0.15, -0.1) is 0 Å². The van der Waals surface area contributed by atoms with Gasteiger partial charge in [-0.05, 0) is 46.4 Å². The third-order valence-electron chi connectivity index (χ3n) is 5.91. The number of rotatable bonds is 8. The van der Waals surface area contributed by atoms with Crippen LogP contribution in [0.2, 0.25) is 5.02 Å². The van der Waals surface area contributed by atoms with Gasteiger partial charge in [0.05, 0.1) is 11.1 Å². The Labute approximate surface area is 196 Å². The number of aliphatic hydroxyl groups excluding tert-OH is 2. The zero-order valence-corrected chi connectivity index (χ0v) is 18.5. The highest BCUT2D eigenvalue weighted by atomic mass is 35.5. The van der Waals surface area contributed by atoms with E-state index in [1.165, 1.54) is 12.1 Å². The number of alkyl carbamates (subject to hydrolysis) is 1. The van der Waals surface area contributed by atoms with Crippen LogP contribution in [0.25, 0.3) is 11.1 Å². The Morgan fingerprint density at radius 3 is 2.30 bits per heavy atom. The van der Waals surface area contributed by atoms with Crippen LogP contribution < -0.4 is 5.32 Å². The average Bonchev–Trinajstić information content (AvgIpc) is 3.16. The van der Waals surface area contributed by atoms with Crippen LogP contribution >= 0.6 is 11.6 Å². The Balaban J connectivity index is 1.28. The molecule has 0 spiro atoms. The van der Waals surface area contributed by atoms with Gasteiger partial charge in [0.2, 0.25) is 0 Å². The van der Waals surface area contributed by atoms with Crippen LogP contribution in [-0.2, 0) is 4.74 Å². The van der Waals surface area contributed by atoms with Gasteiger partial charge < -0.3 is 20.3 Å². The van der Waals surface area contributed by atoms with Crippen LogP contribution in [0.3, 0.4) is 0 Å². The summed E-state index contributed by atoms with van der Waals surface area (Å²) in [5.41, 5.74) is 5.16. The Bertz CT molecular complexity index is 1120. The smallest absolute Gasteiger partial charge is 0.407 e. The van der Waals surface area contributed by atoms with Crippen molar-refractivity contribution in [2.45, 2.75) is 24.5 Å². The van der Waals surface area contributed by atoms with Crippen molar-refractivity contribution in [3.63, 3.8) is 0 Å². The number of halogens is 1. The van der Waals surface area contributed by atoms with Crippen LogP contribution in [0.15, 0.2) is 66.7 Å². The van der Waals surface area contributed by atoms with Crippen LogP contribution in [0.5, 0.6) is 0 Å². The predicted octanol–water partition coefficient (Wildman–Crippen LogP) is 4.48. The summed E-state index contributed by atoms with van der Waals surface area (Å²) >= 11 is 5.89. The van der Waals surface area contributed by atoms with Crippen LogP contribution in [0.4, 0.5) is 4.79 Å². The van der Waals surface area contributed by atoms with E-state index < -0.39 is 18.3 Å². The number of carbonyl (C=O) groups excluding carboxylic acids is 2.